The molecular formula is C15H11Cl2N3S. The highest BCUT2D eigenvalue weighted by molar-refractivity contribution is 7.71. The van der Waals surface area contributed by atoms with Gasteiger partial charge >= 0.3 is 0 Å². The molecule has 0 spiro atoms. The Hall–Kier alpha value is -1.62. The zero-order valence-corrected chi connectivity index (χ0v) is 13.2. The average molecular weight is 336 g/mol. The van der Waals surface area contributed by atoms with Crippen molar-refractivity contribution in [2.75, 3.05) is 0 Å². The number of rotatable bonds is 3. The van der Waals surface area contributed by atoms with Crippen LogP contribution in [0, 0.1) is 4.77 Å². The highest BCUT2D eigenvalue weighted by atomic mass is 35.5. The first-order valence-electron chi connectivity index (χ1n) is 6.31. The lowest BCUT2D eigenvalue weighted by Gasteiger charge is -2.08. The largest absolute Gasteiger partial charge is 0.272 e. The second kappa shape index (κ2) is 6.02. The Kier molecular flexibility index (Phi) is 4.10. The van der Waals surface area contributed by atoms with Gasteiger partial charge in [0.25, 0.3) is 0 Å². The van der Waals surface area contributed by atoms with Gasteiger partial charge in [0, 0.05) is 12.1 Å². The van der Waals surface area contributed by atoms with Gasteiger partial charge in [0.05, 0.1) is 10.0 Å². The predicted molar refractivity (Wildman–Crippen MR) is 88.0 cm³/mol. The Labute approximate surface area is 137 Å². The average Bonchev–Trinajstić information content (AvgIpc) is 2.86. The van der Waals surface area contributed by atoms with Crippen LogP contribution in [-0.2, 0) is 6.42 Å². The van der Waals surface area contributed by atoms with Gasteiger partial charge in [-0.15, -0.1) is 0 Å². The molecule has 0 saturated carbocycles. The summed E-state index contributed by atoms with van der Waals surface area (Å²) in [5.41, 5.74) is 1.87. The van der Waals surface area contributed by atoms with Crippen LogP contribution in [0.4, 0.5) is 0 Å². The van der Waals surface area contributed by atoms with E-state index in [1.165, 1.54) is 0 Å². The number of benzene rings is 2. The molecule has 0 atom stereocenters. The van der Waals surface area contributed by atoms with E-state index in [2.05, 4.69) is 10.2 Å². The number of aromatic nitrogens is 3. The number of H-pyrrole nitrogens is 1. The van der Waals surface area contributed by atoms with Gasteiger partial charge in [-0.1, -0.05) is 53.5 Å². The molecule has 0 radical (unpaired) electrons. The first-order valence-corrected chi connectivity index (χ1v) is 7.48. The Balaban J connectivity index is 2.05. The van der Waals surface area contributed by atoms with Crippen LogP contribution in [0.2, 0.25) is 10.0 Å². The lowest BCUT2D eigenvalue weighted by atomic mass is 10.1. The zero-order chi connectivity index (χ0) is 14.8. The van der Waals surface area contributed by atoms with E-state index in [1.807, 2.05) is 47.0 Å². The van der Waals surface area contributed by atoms with Crippen LogP contribution < -0.4 is 0 Å². The molecule has 3 aromatic rings. The van der Waals surface area contributed by atoms with E-state index in [9.17, 15) is 0 Å². The number of hydrogen-bond acceptors (Lipinski definition) is 2. The van der Waals surface area contributed by atoms with Crippen molar-refractivity contribution < 1.29 is 0 Å². The standard InChI is InChI=1S/C15H11Cl2N3S/c16-12-8-4-5-10(14(12)17)9-13-18-19-15(21)20(13)11-6-2-1-3-7-11/h1-8H,9H2,(H,19,21). The number of hydrogen-bond donors (Lipinski definition) is 1. The van der Waals surface area contributed by atoms with E-state index in [-0.39, 0.29) is 0 Å². The Morgan fingerprint density at radius 2 is 1.81 bits per heavy atom. The van der Waals surface area contributed by atoms with Gasteiger partial charge in [-0.25, -0.2) is 0 Å². The molecule has 21 heavy (non-hydrogen) atoms. The molecule has 6 heteroatoms. The normalized spacial score (nSPS) is 10.8. The van der Waals surface area contributed by atoms with Crippen molar-refractivity contribution in [3.63, 3.8) is 0 Å². The van der Waals surface area contributed by atoms with E-state index in [0.29, 0.717) is 21.2 Å². The number of aromatic amines is 1. The molecule has 1 aromatic heterocycles. The molecule has 106 valence electrons. The summed E-state index contributed by atoms with van der Waals surface area (Å²) in [6.07, 6.45) is 0.543. The summed E-state index contributed by atoms with van der Waals surface area (Å²) < 4.78 is 2.45. The van der Waals surface area contributed by atoms with Crippen LogP contribution in [0.3, 0.4) is 0 Å². The summed E-state index contributed by atoms with van der Waals surface area (Å²) in [6, 6.07) is 15.4. The summed E-state index contributed by atoms with van der Waals surface area (Å²) in [6.45, 7) is 0. The summed E-state index contributed by atoms with van der Waals surface area (Å²) in [7, 11) is 0. The quantitative estimate of drug-likeness (QED) is 0.695. The molecule has 0 fully saturated rings. The molecule has 1 heterocycles. The van der Waals surface area contributed by atoms with Crippen LogP contribution >= 0.6 is 35.4 Å². The van der Waals surface area contributed by atoms with Crippen LogP contribution in [0.1, 0.15) is 11.4 Å². The fraction of sp³-hybridized carbons (Fsp3) is 0.0667. The number of nitrogens with one attached hydrogen (secondary N) is 1. The molecule has 3 nitrogen and oxygen atoms in total. The molecule has 0 saturated heterocycles. The van der Waals surface area contributed by atoms with Gasteiger partial charge in [-0.2, -0.15) is 5.10 Å². The minimum Gasteiger partial charge on any atom is -0.272 e. The highest BCUT2D eigenvalue weighted by Gasteiger charge is 2.12. The molecule has 3 rings (SSSR count). The second-order valence-electron chi connectivity index (χ2n) is 4.51. The predicted octanol–water partition coefficient (Wildman–Crippen LogP) is 4.83. The number of halogens is 2. The Morgan fingerprint density at radius 3 is 2.57 bits per heavy atom. The smallest absolute Gasteiger partial charge is 0.199 e. The first kappa shape index (κ1) is 14.3. The summed E-state index contributed by atoms with van der Waals surface area (Å²) in [5.74, 6) is 0.787. The third-order valence-electron chi connectivity index (χ3n) is 3.14. The minimum absolute atomic E-state index is 0.537. The van der Waals surface area contributed by atoms with Crippen molar-refractivity contribution in [1.29, 1.82) is 0 Å². The summed E-state index contributed by atoms with van der Waals surface area (Å²) in [4.78, 5) is 0. The molecule has 0 aliphatic carbocycles. The zero-order valence-electron chi connectivity index (χ0n) is 10.9. The van der Waals surface area contributed by atoms with E-state index >= 15 is 0 Å². The van der Waals surface area contributed by atoms with Crippen molar-refractivity contribution in [3.8, 4) is 5.69 Å². The van der Waals surface area contributed by atoms with Gasteiger partial charge in [-0.05, 0) is 36.0 Å². The lowest BCUT2D eigenvalue weighted by Crippen LogP contribution is -2.03. The maximum Gasteiger partial charge on any atom is 0.199 e. The summed E-state index contributed by atoms with van der Waals surface area (Å²) >= 11 is 17.6. The van der Waals surface area contributed by atoms with Crippen molar-refractivity contribution in [2.45, 2.75) is 6.42 Å². The molecule has 0 bridgehead atoms. The number of nitrogens with zero attached hydrogens (tertiary/aromatic N) is 2. The van der Waals surface area contributed by atoms with Gasteiger partial charge in [0.2, 0.25) is 0 Å². The van der Waals surface area contributed by atoms with Crippen LogP contribution in [-0.4, -0.2) is 14.8 Å². The maximum atomic E-state index is 6.24. The van der Waals surface area contributed by atoms with Crippen molar-refractivity contribution in [1.82, 2.24) is 14.8 Å². The molecule has 0 aliphatic rings. The molecular weight excluding hydrogens is 325 g/mol. The molecule has 0 unspecified atom stereocenters. The van der Waals surface area contributed by atoms with E-state index in [4.69, 9.17) is 35.4 Å². The molecule has 0 aliphatic heterocycles. The maximum absolute atomic E-state index is 6.24. The van der Waals surface area contributed by atoms with Crippen molar-refractivity contribution in [3.05, 3.63) is 74.7 Å². The lowest BCUT2D eigenvalue weighted by molar-refractivity contribution is 0.902. The summed E-state index contributed by atoms with van der Waals surface area (Å²) in [5, 5.41) is 8.22. The minimum atomic E-state index is 0.537. The highest BCUT2D eigenvalue weighted by Crippen LogP contribution is 2.27. The number of para-hydroxylation sites is 1. The van der Waals surface area contributed by atoms with Gasteiger partial charge in [0.1, 0.15) is 5.82 Å². The molecule has 2 aromatic carbocycles. The van der Waals surface area contributed by atoms with Crippen LogP contribution in [0.25, 0.3) is 5.69 Å². The van der Waals surface area contributed by atoms with Crippen molar-refractivity contribution in [2.24, 2.45) is 0 Å². The van der Waals surface area contributed by atoms with E-state index in [1.54, 1.807) is 6.07 Å². The van der Waals surface area contributed by atoms with Gasteiger partial charge in [-0.3, -0.25) is 9.67 Å². The van der Waals surface area contributed by atoms with Crippen LogP contribution in [0.5, 0.6) is 0 Å². The van der Waals surface area contributed by atoms with Crippen molar-refractivity contribution >= 4 is 35.4 Å². The first-order chi connectivity index (χ1) is 10.2. The van der Waals surface area contributed by atoms with Gasteiger partial charge in [0.15, 0.2) is 4.77 Å². The molecule has 0 amide bonds. The molecule has 1 N–H and O–H groups in total. The van der Waals surface area contributed by atoms with E-state index in [0.717, 1.165) is 17.1 Å². The Morgan fingerprint density at radius 1 is 1.05 bits per heavy atom. The van der Waals surface area contributed by atoms with Gasteiger partial charge < -0.3 is 0 Å². The fourth-order valence-corrected chi connectivity index (χ4v) is 2.79. The Bertz CT molecular complexity index is 824. The monoisotopic (exact) mass is 335 g/mol. The third kappa shape index (κ3) is 2.88. The van der Waals surface area contributed by atoms with Crippen LogP contribution in [0.15, 0.2) is 48.5 Å². The third-order valence-corrected chi connectivity index (χ3v) is 4.27. The van der Waals surface area contributed by atoms with E-state index < -0.39 is 0 Å². The fourth-order valence-electron chi connectivity index (χ4n) is 2.15. The second-order valence-corrected chi connectivity index (χ2v) is 5.68. The topological polar surface area (TPSA) is 33.6 Å². The SMILES string of the molecule is S=c1[nH]nc(Cc2cccc(Cl)c2Cl)n1-c1ccccc1.